The molecule has 6 heteroatoms. The molecule has 0 aliphatic heterocycles. The molecule has 0 amide bonds. The van der Waals surface area contributed by atoms with Crippen molar-refractivity contribution in [3.8, 4) is 5.75 Å². The lowest BCUT2D eigenvalue weighted by Gasteiger charge is -2.07. The van der Waals surface area contributed by atoms with E-state index >= 15 is 0 Å². The van der Waals surface area contributed by atoms with Gasteiger partial charge in [-0.3, -0.25) is 4.57 Å². The monoisotopic (exact) mass is 279 g/mol. The molecule has 0 saturated carbocycles. The van der Waals surface area contributed by atoms with E-state index in [2.05, 4.69) is 10.2 Å². The number of para-hydroxylation sites is 1. The summed E-state index contributed by atoms with van der Waals surface area (Å²) >= 11 is 1.53. The van der Waals surface area contributed by atoms with E-state index in [-0.39, 0.29) is 5.69 Å². The zero-order valence-corrected chi connectivity index (χ0v) is 11.9. The predicted molar refractivity (Wildman–Crippen MR) is 75.7 cm³/mol. The van der Waals surface area contributed by atoms with Gasteiger partial charge in [0.15, 0.2) is 5.16 Å². The Morgan fingerprint density at radius 3 is 2.95 bits per heavy atom. The highest BCUT2D eigenvalue weighted by Gasteiger charge is 2.09. The zero-order valence-electron chi connectivity index (χ0n) is 11.0. The summed E-state index contributed by atoms with van der Waals surface area (Å²) in [5.74, 6) is 1.58. The number of methoxy groups -OCH3 is 1. The maximum Gasteiger partial charge on any atom is 0.343 e. The molecular weight excluding hydrogens is 262 g/mol. The molecule has 0 unspecified atom stereocenters. The standard InChI is InChI=1S/C13H17N3O2S/c1-3-8-16-12(17)14-15-13(16)19-9-10-6-4-5-7-11(10)18-2/h4-7H,3,8-9H2,1-2H3,(H,14,17). The van der Waals surface area contributed by atoms with Crippen molar-refractivity contribution in [2.24, 2.45) is 0 Å². The molecule has 2 rings (SSSR count). The summed E-state index contributed by atoms with van der Waals surface area (Å²) in [4.78, 5) is 11.6. The van der Waals surface area contributed by atoms with Crippen LogP contribution < -0.4 is 10.4 Å². The lowest BCUT2D eigenvalue weighted by atomic mass is 10.2. The van der Waals surface area contributed by atoms with Crippen molar-refractivity contribution >= 4 is 11.8 Å². The average molecular weight is 279 g/mol. The smallest absolute Gasteiger partial charge is 0.343 e. The molecule has 0 atom stereocenters. The van der Waals surface area contributed by atoms with E-state index in [0.29, 0.717) is 6.54 Å². The number of ether oxygens (including phenoxy) is 1. The predicted octanol–water partition coefficient (Wildman–Crippen LogP) is 2.28. The Hall–Kier alpha value is -1.69. The maximum absolute atomic E-state index is 11.6. The first-order valence-electron chi connectivity index (χ1n) is 6.16. The molecule has 1 aromatic carbocycles. The van der Waals surface area contributed by atoms with Crippen LogP contribution in [0.15, 0.2) is 34.2 Å². The first-order valence-corrected chi connectivity index (χ1v) is 7.14. The number of benzene rings is 1. The Bertz CT molecular complexity index is 592. The molecule has 0 spiro atoms. The van der Waals surface area contributed by atoms with Crippen molar-refractivity contribution in [2.75, 3.05) is 7.11 Å². The van der Waals surface area contributed by atoms with Gasteiger partial charge in [0.25, 0.3) is 0 Å². The summed E-state index contributed by atoms with van der Waals surface area (Å²) in [6, 6.07) is 7.86. The Labute approximate surface area is 116 Å². The lowest BCUT2D eigenvalue weighted by molar-refractivity contribution is 0.411. The van der Waals surface area contributed by atoms with Crippen LogP contribution in [0.25, 0.3) is 0 Å². The summed E-state index contributed by atoms with van der Waals surface area (Å²) < 4.78 is 6.97. The molecule has 1 N–H and O–H groups in total. The Morgan fingerprint density at radius 2 is 2.21 bits per heavy atom. The normalized spacial score (nSPS) is 10.6. The van der Waals surface area contributed by atoms with Crippen LogP contribution >= 0.6 is 11.8 Å². The van der Waals surface area contributed by atoms with Crippen molar-refractivity contribution in [3.63, 3.8) is 0 Å². The van der Waals surface area contributed by atoms with Crippen LogP contribution in [0.5, 0.6) is 5.75 Å². The third-order valence-corrected chi connectivity index (χ3v) is 3.74. The van der Waals surface area contributed by atoms with E-state index in [1.165, 1.54) is 11.8 Å². The molecule has 5 nitrogen and oxygen atoms in total. The number of thioether (sulfide) groups is 1. The van der Waals surface area contributed by atoms with Crippen LogP contribution in [0.2, 0.25) is 0 Å². The minimum atomic E-state index is -0.149. The van der Waals surface area contributed by atoms with Gasteiger partial charge in [-0.05, 0) is 12.5 Å². The minimum Gasteiger partial charge on any atom is -0.496 e. The van der Waals surface area contributed by atoms with E-state index in [1.54, 1.807) is 11.7 Å². The number of hydrogen-bond acceptors (Lipinski definition) is 4. The van der Waals surface area contributed by atoms with Gasteiger partial charge in [-0.15, -0.1) is 5.10 Å². The number of aromatic amines is 1. The van der Waals surface area contributed by atoms with Gasteiger partial charge in [0, 0.05) is 17.9 Å². The van der Waals surface area contributed by atoms with Crippen LogP contribution in [-0.2, 0) is 12.3 Å². The van der Waals surface area contributed by atoms with Gasteiger partial charge in [-0.25, -0.2) is 9.89 Å². The van der Waals surface area contributed by atoms with Crippen LogP contribution in [-0.4, -0.2) is 21.9 Å². The van der Waals surface area contributed by atoms with Gasteiger partial charge in [0.1, 0.15) is 5.75 Å². The molecule has 19 heavy (non-hydrogen) atoms. The number of hydrogen-bond donors (Lipinski definition) is 1. The quantitative estimate of drug-likeness (QED) is 0.824. The summed E-state index contributed by atoms with van der Waals surface area (Å²) in [6.45, 7) is 2.72. The molecule has 0 aliphatic rings. The molecule has 1 aromatic heterocycles. The number of rotatable bonds is 6. The van der Waals surface area contributed by atoms with Gasteiger partial charge in [-0.1, -0.05) is 36.9 Å². The molecular formula is C13H17N3O2S. The SMILES string of the molecule is CCCn1c(SCc2ccccc2OC)n[nH]c1=O. The van der Waals surface area contributed by atoms with Gasteiger partial charge in [0.2, 0.25) is 0 Å². The average Bonchev–Trinajstić information content (AvgIpc) is 2.78. The number of nitrogens with zero attached hydrogens (tertiary/aromatic N) is 2. The first kappa shape index (κ1) is 13.7. The third kappa shape index (κ3) is 3.20. The zero-order chi connectivity index (χ0) is 13.7. The fourth-order valence-electron chi connectivity index (χ4n) is 1.80. The molecule has 2 aromatic rings. The summed E-state index contributed by atoms with van der Waals surface area (Å²) in [5.41, 5.74) is 0.942. The first-order chi connectivity index (χ1) is 9.26. The lowest BCUT2D eigenvalue weighted by Crippen LogP contribution is -2.17. The Kier molecular flexibility index (Phi) is 4.68. The van der Waals surface area contributed by atoms with Crippen molar-refractivity contribution in [3.05, 3.63) is 40.3 Å². The van der Waals surface area contributed by atoms with Gasteiger partial charge < -0.3 is 4.74 Å². The molecule has 1 heterocycles. The van der Waals surface area contributed by atoms with Crippen LogP contribution in [0.1, 0.15) is 18.9 Å². The molecule has 0 bridgehead atoms. The van der Waals surface area contributed by atoms with Gasteiger partial charge >= 0.3 is 5.69 Å². The van der Waals surface area contributed by atoms with E-state index in [0.717, 1.165) is 28.6 Å². The van der Waals surface area contributed by atoms with E-state index in [9.17, 15) is 4.79 Å². The molecule has 102 valence electrons. The number of aromatic nitrogens is 3. The van der Waals surface area contributed by atoms with E-state index in [4.69, 9.17) is 4.74 Å². The number of nitrogens with one attached hydrogen (secondary N) is 1. The molecule has 0 aliphatic carbocycles. The fraction of sp³-hybridized carbons (Fsp3) is 0.385. The second kappa shape index (κ2) is 6.47. The largest absolute Gasteiger partial charge is 0.496 e. The van der Waals surface area contributed by atoms with Crippen molar-refractivity contribution in [1.82, 2.24) is 14.8 Å². The summed E-state index contributed by atoms with van der Waals surface area (Å²) in [5, 5.41) is 7.26. The minimum absolute atomic E-state index is 0.149. The van der Waals surface area contributed by atoms with Crippen LogP contribution in [0.4, 0.5) is 0 Å². The van der Waals surface area contributed by atoms with Crippen molar-refractivity contribution in [2.45, 2.75) is 30.8 Å². The van der Waals surface area contributed by atoms with Crippen LogP contribution in [0.3, 0.4) is 0 Å². The summed E-state index contributed by atoms with van der Waals surface area (Å²) in [7, 11) is 1.66. The van der Waals surface area contributed by atoms with Crippen molar-refractivity contribution < 1.29 is 4.74 Å². The van der Waals surface area contributed by atoms with Crippen LogP contribution in [0, 0.1) is 0 Å². The maximum atomic E-state index is 11.6. The van der Waals surface area contributed by atoms with E-state index in [1.807, 2.05) is 31.2 Å². The second-order valence-corrected chi connectivity index (χ2v) is 5.01. The fourth-order valence-corrected chi connectivity index (χ4v) is 2.76. The van der Waals surface area contributed by atoms with E-state index < -0.39 is 0 Å². The highest BCUT2D eigenvalue weighted by molar-refractivity contribution is 7.98. The second-order valence-electron chi connectivity index (χ2n) is 4.06. The highest BCUT2D eigenvalue weighted by Crippen LogP contribution is 2.26. The Balaban J connectivity index is 2.12. The Morgan fingerprint density at radius 1 is 1.42 bits per heavy atom. The third-order valence-electron chi connectivity index (χ3n) is 2.72. The molecule has 0 radical (unpaired) electrons. The summed E-state index contributed by atoms with van der Waals surface area (Å²) in [6.07, 6.45) is 0.904. The molecule has 0 saturated heterocycles. The number of H-pyrrole nitrogens is 1. The topological polar surface area (TPSA) is 59.9 Å². The highest BCUT2D eigenvalue weighted by atomic mass is 32.2. The molecule has 0 fully saturated rings. The van der Waals surface area contributed by atoms with Gasteiger partial charge in [0.05, 0.1) is 7.11 Å². The van der Waals surface area contributed by atoms with Gasteiger partial charge in [-0.2, -0.15) is 0 Å². The van der Waals surface area contributed by atoms with Crippen molar-refractivity contribution in [1.29, 1.82) is 0 Å².